The Hall–Kier alpha value is -3.64. The van der Waals surface area contributed by atoms with Gasteiger partial charge in [0.15, 0.2) is 0 Å². The van der Waals surface area contributed by atoms with Crippen molar-refractivity contribution in [2.75, 3.05) is 24.0 Å². The van der Waals surface area contributed by atoms with Gasteiger partial charge in [-0.3, -0.25) is 9.59 Å². The predicted molar refractivity (Wildman–Crippen MR) is 119 cm³/mol. The standard InChI is InChI=1S/C24H18ClFN2O3/c1-27(16-6-4-3-5-7-16)22-21(15-8-11-18(31-2)12-9-15)23(29)28(24(22)30)17-10-13-20(26)19(25)14-17/h3-14H,1-2H3. The molecule has 1 aliphatic rings. The summed E-state index contributed by atoms with van der Waals surface area (Å²) in [7, 11) is 3.27. The Balaban J connectivity index is 1.87. The molecule has 0 atom stereocenters. The van der Waals surface area contributed by atoms with Crippen molar-refractivity contribution in [2.24, 2.45) is 0 Å². The van der Waals surface area contributed by atoms with Crippen molar-refractivity contribution in [3.63, 3.8) is 0 Å². The van der Waals surface area contributed by atoms with E-state index in [1.165, 1.54) is 12.1 Å². The van der Waals surface area contributed by atoms with E-state index in [9.17, 15) is 14.0 Å². The minimum atomic E-state index is -0.630. The van der Waals surface area contributed by atoms with Gasteiger partial charge in [0.05, 0.1) is 23.4 Å². The number of rotatable bonds is 5. The number of para-hydroxylation sites is 1. The summed E-state index contributed by atoms with van der Waals surface area (Å²) in [6.07, 6.45) is 0. The first-order valence-corrected chi connectivity index (χ1v) is 9.81. The fourth-order valence-electron chi connectivity index (χ4n) is 3.49. The maximum Gasteiger partial charge on any atom is 0.282 e. The van der Waals surface area contributed by atoms with E-state index in [1.54, 1.807) is 43.3 Å². The zero-order valence-corrected chi connectivity index (χ0v) is 17.6. The lowest BCUT2D eigenvalue weighted by atomic mass is 10.0. The SMILES string of the molecule is COc1ccc(C2=C(N(C)c3ccccc3)C(=O)N(c3ccc(F)c(Cl)c3)C2=O)cc1. The third kappa shape index (κ3) is 3.66. The van der Waals surface area contributed by atoms with E-state index in [-0.39, 0.29) is 22.0 Å². The van der Waals surface area contributed by atoms with Crippen LogP contribution >= 0.6 is 11.6 Å². The Labute approximate surface area is 183 Å². The first kappa shape index (κ1) is 20.6. The molecule has 0 fully saturated rings. The number of benzene rings is 3. The molecule has 4 rings (SSSR count). The molecular weight excluding hydrogens is 419 g/mol. The maximum atomic E-state index is 13.7. The molecule has 5 nitrogen and oxygen atoms in total. The molecule has 0 aromatic heterocycles. The van der Waals surface area contributed by atoms with Crippen molar-refractivity contribution in [3.05, 3.63) is 94.9 Å². The van der Waals surface area contributed by atoms with E-state index in [0.717, 1.165) is 16.7 Å². The largest absolute Gasteiger partial charge is 0.497 e. The molecular formula is C24H18ClFN2O3. The second-order valence-electron chi connectivity index (χ2n) is 6.89. The van der Waals surface area contributed by atoms with Crippen molar-refractivity contribution in [3.8, 4) is 5.75 Å². The van der Waals surface area contributed by atoms with Crippen LogP contribution in [0.2, 0.25) is 5.02 Å². The summed E-state index contributed by atoms with van der Waals surface area (Å²) in [5.41, 5.74) is 1.95. The third-order valence-electron chi connectivity index (χ3n) is 5.08. The molecule has 1 heterocycles. The van der Waals surface area contributed by atoms with Crippen LogP contribution in [0, 0.1) is 5.82 Å². The fourth-order valence-corrected chi connectivity index (χ4v) is 3.66. The lowest BCUT2D eigenvalue weighted by Gasteiger charge is -2.21. The van der Waals surface area contributed by atoms with Gasteiger partial charge in [0.25, 0.3) is 11.8 Å². The number of carbonyl (C=O) groups excluding carboxylic acids is 2. The number of imide groups is 1. The van der Waals surface area contributed by atoms with E-state index in [1.807, 2.05) is 30.3 Å². The van der Waals surface area contributed by atoms with Crippen LogP contribution in [0.5, 0.6) is 5.75 Å². The highest BCUT2D eigenvalue weighted by atomic mass is 35.5. The van der Waals surface area contributed by atoms with Crippen molar-refractivity contribution in [2.45, 2.75) is 0 Å². The first-order chi connectivity index (χ1) is 14.9. The summed E-state index contributed by atoms with van der Waals surface area (Å²) in [6, 6.07) is 19.9. The highest BCUT2D eigenvalue weighted by Gasteiger charge is 2.42. The number of methoxy groups -OCH3 is 1. The lowest BCUT2D eigenvalue weighted by Crippen LogP contribution is -2.34. The van der Waals surface area contributed by atoms with Crippen molar-refractivity contribution >= 4 is 40.4 Å². The van der Waals surface area contributed by atoms with Crippen LogP contribution in [0.15, 0.2) is 78.5 Å². The molecule has 2 amide bonds. The highest BCUT2D eigenvalue weighted by molar-refractivity contribution is 6.46. The molecule has 0 radical (unpaired) electrons. The maximum absolute atomic E-state index is 13.7. The average molecular weight is 437 g/mol. The Kier molecular flexibility index (Phi) is 5.48. The third-order valence-corrected chi connectivity index (χ3v) is 5.37. The second-order valence-corrected chi connectivity index (χ2v) is 7.30. The van der Waals surface area contributed by atoms with Crippen LogP contribution in [0.1, 0.15) is 5.56 Å². The zero-order chi connectivity index (χ0) is 22.1. The number of likely N-dealkylation sites (N-methyl/N-ethyl adjacent to an activating group) is 1. The van der Waals surface area contributed by atoms with E-state index < -0.39 is 17.6 Å². The number of halogens is 2. The zero-order valence-electron chi connectivity index (χ0n) is 16.8. The van der Waals surface area contributed by atoms with Crippen molar-refractivity contribution in [1.29, 1.82) is 0 Å². The number of hydrogen-bond acceptors (Lipinski definition) is 4. The fraction of sp³-hybridized carbons (Fsp3) is 0.0833. The summed E-state index contributed by atoms with van der Waals surface area (Å²) < 4.78 is 18.9. The molecule has 156 valence electrons. The number of carbonyl (C=O) groups is 2. The average Bonchev–Trinajstić information content (AvgIpc) is 3.05. The van der Waals surface area contributed by atoms with Gasteiger partial charge in [-0.1, -0.05) is 41.9 Å². The normalized spacial score (nSPS) is 13.7. The molecule has 7 heteroatoms. The number of amides is 2. The molecule has 31 heavy (non-hydrogen) atoms. The smallest absolute Gasteiger partial charge is 0.282 e. The number of ether oxygens (including phenoxy) is 1. The Bertz CT molecular complexity index is 1190. The molecule has 0 unspecified atom stereocenters. The molecule has 1 aliphatic heterocycles. The summed E-state index contributed by atoms with van der Waals surface area (Å²) in [4.78, 5) is 29.6. The van der Waals surface area contributed by atoms with Gasteiger partial charge < -0.3 is 9.64 Å². The van der Waals surface area contributed by atoms with Crippen LogP contribution in [0.25, 0.3) is 5.57 Å². The molecule has 3 aromatic carbocycles. The van der Waals surface area contributed by atoms with Crippen LogP contribution in [-0.2, 0) is 9.59 Å². The Morgan fingerprint density at radius 3 is 2.23 bits per heavy atom. The van der Waals surface area contributed by atoms with Gasteiger partial charge in [0, 0.05) is 12.7 Å². The van der Waals surface area contributed by atoms with Gasteiger partial charge in [-0.2, -0.15) is 0 Å². The summed E-state index contributed by atoms with van der Waals surface area (Å²) in [5.74, 6) is -1.05. The Morgan fingerprint density at radius 1 is 0.935 bits per heavy atom. The number of anilines is 2. The van der Waals surface area contributed by atoms with Gasteiger partial charge in [-0.05, 0) is 48.0 Å². The van der Waals surface area contributed by atoms with Gasteiger partial charge >= 0.3 is 0 Å². The van der Waals surface area contributed by atoms with Crippen LogP contribution in [0.3, 0.4) is 0 Å². The Morgan fingerprint density at radius 2 is 1.61 bits per heavy atom. The quantitative estimate of drug-likeness (QED) is 0.533. The number of nitrogens with zero attached hydrogens (tertiary/aromatic N) is 2. The summed E-state index contributed by atoms with van der Waals surface area (Å²) >= 11 is 5.91. The molecule has 0 saturated heterocycles. The molecule has 3 aromatic rings. The van der Waals surface area contributed by atoms with E-state index >= 15 is 0 Å². The van der Waals surface area contributed by atoms with E-state index in [4.69, 9.17) is 16.3 Å². The van der Waals surface area contributed by atoms with Crippen molar-refractivity contribution in [1.82, 2.24) is 0 Å². The molecule has 0 aliphatic carbocycles. The minimum Gasteiger partial charge on any atom is -0.497 e. The monoisotopic (exact) mass is 436 g/mol. The van der Waals surface area contributed by atoms with E-state index in [0.29, 0.717) is 11.3 Å². The van der Waals surface area contributed by atoms with Crippen LogP contribution in [-0.4, -0.2) is 26.0 Å². The van der Waals surface area contributed by atoms with Gasteiger partial charge in [-0.15, -0.1) is 0 Å². The minimum absolute atomic E-state index is 0.172. The van der Waals surface area contributed by atoms with Gasteiger partial charge in [-0.25, -0.2) is 9.29 Å². The van der Waals surface area contributed by atoms with Crippen LogP contribution in [0.4, 0.5) is 15.8 Å². The van der Waals surface area contributed by atoms with Crippen LogP contribution < -0.4 is 14.5 Å². The second kappa shape index (κ2) is 8.24. The number of hydrogen-bond donors (Lipinski definition) is 0. The lowest BCUT2D eigenvalue weighted by molar-refractivity contribution is -0.120. The molecule has 0 saturated carbocycles. The summed E-state index contributed by atoms with van der Waals surface area (Å²) in [6.45, 7) is 0. The molecule has 0 bridgehead atoms. The van der Waals surface area contributed by atoms with Gasteiger partial charge in [0.1, 0.15) is 17.3 Å². The first-order valence-electron chi connectivity index (χ1n) is 9.43. The topological polar surface area (TPSA) is 49.9 Å². The highest BCUT2D eigenvalue weighted by Crippen LogP contribution is 2.37. The van der Waals surface area contributed by atoms with Gasteiger partial charge in [0.2, 0.25) is 0 Å². The predicted octanol–water partition coefficient (Wildman–Crippen LogP) is 4.91. The molecule has 0 spiro atoms. The molecule has 0 N–H and O–H groups in total. The van der Waals surface area contributed by atoms with Crippen molar-refractivity contribution < 1.29 is 18.7 Å². The summed E-state index contributed by atoms with van der Waals surface area (Å²) in [5, 5.41) is -0.172. The van der Waals surface area contributed by atoms with E-state index in [2.05, 4.69) is 0 Å².